The third-order valence-electron chi connectivity index (χ3n) is 3.43. The van der Waals surface area contributed by atoms with Crippen molar-refractivity contribution in [1.82, 2.24) is 9.55 Å². The molecule has 0 aliphatic heterocycles. The summed E-state index contributed by atoms with van der Waals surface area (Å²) in [6.07, 6.45) is 5.80. The maximum atomic E-state index is 10.7. The van der Waals surface area contributed by atoms with Gasteiger partial charge in [-0.3, -0.25) is 4.79 Å². The Bertz CT molecular complexity index is 425. The van der Waals surface area contributed by atoms with Crippen LogP contribution < -0.4 is 0 Å². The van der Waals surface area contributed by atoms with Crippen LogP contribution in [0.4, 0.5) is 0 Å². The fourth-order valence-electron chi connectivity index (χ4n) is 2.19. The molecule has 1 aliphatic carbocycles. The zero-order valence-corrected chi connectivity index (χ0v) is 11.7. The maximum absolute atomic E-state index is 10.7. The highest BCUT2D eigenvalue weighted by Gasteiger charge is 2.22. The highest BCUT2D eigenvalue weighted by Crippen LogP contribution is 2.31. The summed E-state index contributed by atoms with van der Waals surface area (Å²) >= 11 is 1.32. The molecule has 0 amide bonds. The van der Waals surface area contributed by atoms with Gasteiger partial charge >= 0.3 is 5.97 Å². The first kappa shape index (κ1) is 13.5. The molecule has 1 aromatic rings. The van der Waals surface area contributed by atoms with Crippen molar-refractivity contribution in [2.45, 2.75) is 50.7 Å². The molecule has 1 saturated carbocycles. The zero-order chi connectivity index (χ0) is 13.1. The second-order valence-electron chi connectivity index (χ2n) is 5.21. The third-order valence-corrected chi connectivity index (χ3v) is 4.41. The molecule has 0 radical (unpaired) electrons. The molecule has 1 N–H and O–H groups in total. The van der Waals surface area contributed by atoms with Gasteiger partial charge in [0.2, 0.25) is 0 Å². The molecule has 0 aromatic carbocycles. The largest absolute Gasteiger partial charge is 0.481 e. The minimum atomic E-state index is -0.788. The number of carboxylic acids is 1. The number of thioether (sulfide) groups is 1. The molecule has 5 heteroatoms. The Balaban J connectivity index is 2.13. The van der Waals surface area contributed by atoms with E-state index in [-0.39, 0.29) is 5.75 Å². The highest BCUT2D eigenvalue weighted by atomic mass is 32.2. The Morgan fingerprint density at radius 3 is 2.83 bits per heavy atom. The molecule has 18 heavy (non-hydrogen) atoms. The molecule has 1 aromatic heterocycles. The first-order chi connectivity index (χ1) is 8.58. The normalized spacial score (nSPS) is 15.9. The van der Waals surface area contributed by atoms with Gasteiger partial charge in [-0.25, -0.2) is 4.98 Å². The number of nitrogens with zero attached hydrogens (tertiary/aromatic N) is 2. The van der Waals surface area contributed by atoms with E-state index in [0.29, 0.717) is 5.92 Å². The van der Waals surface area contributed by atoms with Crippen LogP contribution in [0.3, 0.4) is 0 Å². The van der Waals surface area contributed by atoms with Crippen molar-refractivity contribution in [3.8, 4) is 0 Å². The number of carboxylic acid groups (broad SMARTS) is 1. The zero-order valence-electron chi connectivity index (χ0n) is 10.9. The van der Waals surface area contributed by atoms with Crippen molar-refractivity contribution in [3.05, 3.63) is 11.9 Å². The second kappa shape index (κ2) is 5.78. The first-order valence-electron chi connectivity index (χ1n) is 6.48. The molecule has 2 rings (SSSR count). The molecule has 0 unspecified atom stereocenters. The van der Waals surface area contributed by atoms with Gasteiger partial charge in [-0.05, 0) is 24.7 Å². The van der Waals surface area contributed by atoms with E-state index in [1.807, 2.05) is 6.20 Å². The van der Waals surface area contributed by atoms with Crippen LogP contribution in [0.1, 0.15) is 44.7 Å². The summed E-state index contributed by atoms with van der Waals surface area (Å²) in [4.78, 5) is 15.0. The molecule has 1 fully saturated rings. The maximum Gasteiger partial charge on any atom is 0.313 e. The quantitative estimate of drug-likeness (QED) is 0.806. The number of rotatable bonds is 6. The molecule has 0 bridgehead atoms. The molecule has 0 spiro atoms. The van der Waals surface area contributed by atoms with E-state index in [1.165, 1.54) is 36.7 Å². The second-order valence-corrected chi connectivity index (χ2v) is 6.15. The van der Waals surface area contributed by atoms with Gasteiger partial charge in [0.05, 0.1) is 5.75 Å². The topological polar surface area (TPSA) is 55.1 Å². The lowest BCUT2D eigenvalue weighted by atomic mass is 9.85. The molecular weight excluding hydrogens is 248 g/mol. The number of imidazole rings is 1. The SMILES string of the molecule is CC(C)c1cnc(SCC(=O)O)n1CC1CCC1. The summed E-state index contributed by atoms with van der Waals surface area (Å²) in [5, 5.41) is 9.62. The van der Waals surface area contributed by atoms with Crippen molar-refractivity contribution >= 4 is 17.7 Å². The van der Waals surface area contributed by atoms with Crippen molar-refractivity contribution in [2.75, 3.05) is 5.75 Å². The number of hydrogen-bond donors (Lipinski definition) is 1. The fourth-order valence-corrected chi connectivity index (χ4v) is 2.91. The van der Waals surface area contributed by atoms with Gasteiger partial charge in [-0.15, -0.1) is 0 Å². The average Bonchev–Trinajstić information content (AvgIpc) is 2.63. The van der Waals surface area contributed by atoms with Gasteiger partial charge in [0.1, 0.15) is 0 Å². The first-order valence-corrected chi connectivity index (χ1v) is 7.46. The number of aliphatic carboxylic acids is 1. The predicted molar refractivity (Wildman–Crippen MR) is 72.0 cm³/mol. The summed E-state index contributed by atoms with van der Waals surface area (Å²) in [5.41, 5.74) is 1.22. The lowest BCUT2D eigenvalue weighted by molar-refractivity contribution is -0.133. The Morgan fingerprint density at radius 2 is 2.33 bits per heavy atom. The molecular formula is C13H20N2O2S. The van der Waals surface area contributed by atoms with Crippen LogP contribution in [-0.4, -0.2) is 26.4 Å². The van der Waals surface area contributed by atoms with Crippen LogP contribution in [-0.2, 0) is 11.3 Å². The lowest BCUT2D eigenvalue weighted by Crippen LogP contribution is -2.20. The van der Waals surface area contributed by atoms with Gasteiger partial charge < -0.3 is 9.67 Å². The van der Waals surface area contributed by atoms with Crippen LogP contribution in [0.5, 0.6) is 0 Å². The van der Waals surface area contributed by atoms with Crippen LogP contribution in [0.25, 0.3) is 0 Å². The Kier molecular flexibility index (Phi) is 4.32. The molecule has 1 heterocycles. The molecule has 4 nitrogen and oxygen atoms in total. The molecule has 0 saturated heterocycles. The van der Waals surface area contributed by atoms with Crippen molar-refractivity contribution in [2.24, 2.45) is 5.92 Å². The smallest absolute Gasteiger partial charge is 0.313 e. The van der Waals surface area contributed by atoms with Gasteiger partial charge in [0.15, 0.2) is 5.16 Å². The number of aromatic nitrogens is 2. The van der Waals surface area contributed by atoms with Gasteiger partial charge in [-0.1, -0.05) is 32.0 Å². The van der Waals surface area contributed by atoms with Gasteiger partial charge in [0, 0.05) is 18.4 Å². The van der Waals surface area contributed by atoms with Gasteiger partial charge in [0.25, 0.3) is 0 Å². The number of carbonyl (C=O) groups is 1. The molecule has 1 aliphatic rings. The number of hydrogen-bond acceptors (Lipinski definition) is 3. The Hall–Kier alpha value is -0.970. The third kappa shape index (κ3) is 3.07. The van der Waals surface area contributed by atoms with Crippen molar-refractivity contribution < 1.29 is 9.90 Å². The predicted octanol–water partition coefficient (Wildman–Crippen LogP) is 2.98. The van der Waals surface area contributed by atoms with Crippen molar-refractivity contribution in [1.29, 1.82) is 0 Å². The Labute approximate surface area is 112 Å². The van der Waals surface area contributed by atoms with Crippen molar-refractivity contribution in [3.63, 3.8) is 0 Å². The average molecular weight is 268 g/mol. The monoisotopic (exact) mass is 268 g/mol. The van der Waals surface area contributed by atoms with Crippen LogP contribution in [0, 0.1) is 5.92 Å². The van der Waals surface area contributed by atoms with E-state index in [0.717, 1.165) is 17.6 Å². The standard InChI is InChI=1S/C13H20N2O2S/c1-9(2)11-6-14-13(18-8-12(16)17)15(11)7-10-4-3-5-10/h6,9-10H,3-5,7-8H2,1-2H3,(H,16,17). The highest BCUT2D eigenvalue weighted by molar-refractivity contribution is 7.99. The van der Waals surface area contributed by atoms with E-state index >= 15 is 0 Å². The fraction of sp³-hybridized carbons (Fsp3) is 0.692. The summed E-state index contributed by atoms with van der Waals surface area (Å²) in [5.74, 6) is 0.473. The van der Waals surface area contributed by atoms with Crippen LogP contribution in [0.2, 0.25) is 0 Å². The van der Waals surface area contributed by atoms with E-state index in [9.17, 15) is 4.79 Å². The Morgan fingerprint density at radius 1 is 1.61 bits per heavy atom. The van der Waals surface area contributed by atoms with Crippen LogP contribution >= 0.6 is 11.8 Å². The summed E-state index contributed by atoms with van der Waals surface area (Å²) in [6.45, 7) is 5.30. The summed E-state index contributed by atoms with van der Waals surface area (Å²) in [7, 11) is 0. The summed E-state index contributed by atoms with van der Waals surface area (Å²) in [6, 6.07) is 0. The molecule has 100 valence electrons. The molecule has 0 atom stereocenters. The summed E-state index contributed by atoms with van der Waals surface area (Å²) < 4.78 is 2.22. The van der Waals surface area contributed by atoms with Gasteiger partial charge in [-0.2, -0.15) is 0 Å². The minimum absolute atomic E-state index is 0.0826. The minimum Gasteiger partial charge on any atom is -0.481 e. The van der Waals surface area contributed by atoms with E-state index in [1.54, 1.807) is 0 Å². The van der Waals surface area contributed by atoms with Crippen LogP contribution in [0.15, 0.2) is 11.4 Å². The van der Waals surface area contributed by atoms with E-state index in [4.69, 9.17) is 5.11 Å². The lowest BCUT2D eigenvalue weighted by Gasteiger charge is -2.27. The van der Waals surface area contributed by atoms with E-state index < -0.39 is 5.97 Å². The van der Waals surface area contributed by atoms with E-state index in [2.05, 4.69) is 23.4 Å².